The Morgan fingerprint density at radius 2 is 2.20 bits per heavy atom. The molecule has 0 aliphatic carbocycles. The number of aromatic amines is 2. The summed E-state index contributed by atoms with van der Waals surface area (Å²) in [5, 5.41) is 12.8. The number of thioether (sulfide) groups is 1. The lowest BCUT2D eigenvalue weighted by molar-refractivity contribution is -0.113. The van der Waals surface area contributed by atoms with Gasteiger partial charge in [0.05, 0.1) is 12.2 Å². The van der Waals surface area contributed by atoms with Gasteiger partial charge in [-0.2, -0.15) is 0 Å². The molecular formula is C13H12N6O4S2. The topological polar surface area (TPSA) is 147 Å². The Morgan fingerprint density at radius 1 is 1.36 bits per heavy atom. The van der Waals surface area contributed by atoms with Gasteiger partial charge in [-0.05, 0) is 6.92 Å². The molecular weight excluding hydrogens is 368 g/mol. The summed E-state index contributed by atoms with van der Waals surface area (Å²) in [6.45, 7) is 1.61. The van der Waals surface area contributed by atoms with Crippen LogP contribution in [0.1, 0.15) is 17.1 Å². The molecule has 3 N–H and O–H groups in total. The number of rotatable bonds is 6. The average molecular weight is 380 g/mol. The van der Waals surface area contributed by atoms with Gasteiger partial charge in [-0.1, -0.05) is 11.8 Å². The molecule has 0 unspecified atom stereocenters. The standard InChI is InChI=1S/C13H12N6O4S2/c1-6-7(10(21)17-11(22)15-6)4-9-18-19-13(23-9)25-5-8(20)16-12-14-2-3-24-12/h2-3H,4-5H2,1H3,(H,14,16,20)(H2,15,17,21,22). The van der Waals surface area contributed by atoms with Gasteiger partial charge in [0.15, 0.2) is 5.13 Å². The van der Waals surface area contributed by atoms with E-state index in [1.807, 2.05) is 0 Å². The van der Waals surface area contributed by atoms with Gasteiger partial charge in [-0.25, -0.2) is 9.78 Å². The van der Waals surface area contributed by atoms with Gasteiger partial charge in [0, 0.05) is 22.8 Å². The molecule has 3 heterocycles. The van der Waals surface area contributed by atoms with Crippen molar-refractivity contribution in [2.45, 2.75) is 18.6 Å². The molecule has 10 nitrogen and oxygen atoms in total. The van der Waals surface area contributed by atoms with Gasteiger partial charge in [-0.15, -0.1) is 21.5 Å². The van der Waals surface area contributed by atoms with E-state index in [4.69, 9.17) is 4.42 Å². The Hall–Kier alpha value is -2.73. The Labute approximate surface area is 148 Å². The number of carbonyl (C=O) groups excluding carboxylic acids is 1. The van der Waals surface area contributed by atoms with E-state index >= 15 is 0 Å². The number of amides is 1. The Kier molecular flexibility index (Phi) is 5.09. The predicted octanol–water partition coefficient (Wildman–Crippen LogP) is 0.533. The molecule has 0 atom stereocenters. The Balaban J connectivity index is 1.60. The summed E-state index contributed by atoms with van der Waals surface area (Å²) in [5.74, 6) is 0.0514. The maximum absolute atomic E-state index is 11.8. The van der Waals surface area contributed by atoms with E-state index < -0.39 is 11.2 Å². The van der Waals surface area contributed by atoms with Gasteiger partial charge in [0.1, 0.15) is 0 Å². The quantitative estimate of drug-likeness (QED) is 0.525. The van der Waals surface area contributed by atoms with Gasteiger partial charge in [0.2, 0.25) is 11.8 Å². The molecule has 3 rings (SSSR count). The van der Waals surface area contributed by atoms with Crippen LogP contribution in [0, 0.1) is 6.92 Å². The van der Waals surface area contributed by atoms with Crippen LogP contribution in [0.2, 0.25) is 0 Å². The molecule has 0 aliphatic rings. The maximum atomic E-state index is 11.8. The van der Waals surface area contributed by atoms with Crippen molar-refractivity contribution in [3.05, 3.63) is 49.6 Å². The van der Waals surface area contributed by atoms with Crippen molar-refractivity contribution >= 4 is 34.1 Å². The molecule has 3 aromatic heterocycles. The smallest absolute Gasteiger partial charge is 0.325 e. The fourth-order valence-electron chi connectivity index (χ4n) is 1.93. The van der Waals surface area contributed by atoms with Gasteiger partial charge < -0.3 is 14.7 Å². The zero-order valence-corrected chi connectivity index (χ0v) is 14.5. The highest BCUT2D eigenvalue weighted by Crippen LogP contribution is 2.18. The molecule has 3 aromatic rings. The number of nitrogens with one attached hydrogen (secondary N) is 3. The van der Waals surface area contributed by atoms with Crippen molar-refractivity contribution < 1.29 is 9.21 Å². The van der Waals surface area contributed by atoms with E-state index in [0.29, 0.717) is 16.4 Å². The fourth-order valence-corrected chi connectivity index (χ4v) is 3.05. The number of aromatic nitrogens is 5. The number of H-pyrrole nitrogens is 2. The second-order valence-electron chi connectivity index (χ2n) is 4.82. The van der Waals surface area contributed by atoms with Gasteiger partial charge in [-0.3, -0.25) is 14.6 Å². The summed E-state index contributed by atoms with van der Waals surface area (Å²) < 4.78 is 5.42. The molecule has 130 valence electrons. The number of hydrogen-bond donors (Lipinski definition) is 3. The van der Waals surface area contributed by atoms with E-state index in [1.54, 1.807) is 18.5 Å². The second-order valence-corrected chi connectivity index (χ2v) is 6.65. The Bertz CT molecular complexity index is 991. The van der Waals surface area contributed by atoms with Crippen molar-refractivity contribution in [3.63, 3.8) is 0 Å². The molecule has 1 amide bonds. The third kappa shape index (κ3) is 4.42. The van der Waals surface area contributed by atoms with Crippen LogP contribution in [-0.4, -0.2) is 36.8 Å². The minimum atomic E-state index is -0.570. The highest BCUT2D eigenvalue weighted by molar-refractivity contribution is 7.99. The number of thiazole rings is 1. The van der Waals surface area contributed by atoms with Crippen LogP contribution in [0.15, 0.2) is 30.8 Å². The summed E-state index contributed by atoms with van der Waals surface area (Å²) in [5.41, 5.74) is -0.305. The lowest BCUT2D eigenvalue weighted by atomic mass is 10.2. The first kappa shape index (κ1) is 17.1. The summed E-state index contributed by atoms with van der Waals surface area (Å²) in [6, 6.07) is 0. The molecule has 0 bridgehead atoms. The SMILES string of the molecule is Cc1[nH]c(=O)[nH]c(=O)c1Cc1nnc(SCC(=O)Nc2nccs2)o1. The summed E-state index contributed by atoms with van der Waals surface area (Å²) >= 11 is 2.39. The van der Waals surface area contributed by atoms with E-state index in [0.717, 1.165) is 11.8 Å². The van der Waals surface area contributed by atoms with E-state index in [-0.39, 0.29) is 29.2 Å². The lowest BCUT2D eigenvalue weighted by Gasteiger charge is -2.00. The van der Waals surface area contributed by atoms with Crippen LogP contribution in [0.25, 0.3) is 0 Å². The maximum Gasteiger partial charge on any atom is 0.325 e. The van der Waals surface area contributed by atoms with Crippen LogP contribution in [0.4, 0.5) is 5.13 Å². The van der Waals surface area contributed by atoms with E-state index in [2.05, 4.69) is 30.5 Å². The average Bonchev–Trinajstić information content (AvgIpc) is 3.20. The predicted molar refractivity (Wildman–Crippen MR) is 91.0 cm³/mol. The molecule has 0 spiro atoms. The first-order chi connectivity index (χ1) is 12.0. The monoisotopic (exact) mass is 380 g/mol. The third-order valence-corrected chi connectivity index (χ3v) is 4.54. The molecule has 0 saturated carbocycles. The molecule has 0 aliphatic heterocycles. The minimum absolute atomic E-state index is 0.0802. The van der Waals surface area contributed by atoms with E-state index in [9.17, 15) is 14.4 Å². The number of nitrogens with zero attached hydrogens (tertiary/aromatic N) is 3. The van der Waals surface area contributed by atoms with Crippen LogP contribution in [-0.2, 0) is 11.2 Å². The summed E-state index contributed by atoms with van der Waals surface area (Å²) in [7, 11) is 0. The fraction of sp³-hybridized carbons (Fsp3) is 0.231. The second kappa shape index (κ2) is 7.44. The van der Waals surface area contributed by atoms with E-state index in [1.165, 1.54) is 11.3 Å². The highest BCUT2D eigenvalue weighted by Gasteiger charge is 2.14. The largest absolute Gasteiger partial charge is 0.416 e. The number of anilines is 1. The Morgan fingerprint density at radius 3 is 2.92 bits per heavy atom. The molecule has 25 heavy (non-hydrogen) atoms. The van der Waals surface area contributed by atoms with Gasteiger partial charge in [0.25, 0.3) is 10.8 Å². The van der Waals surface area contributed by atoms with Crippen molar-refractivity contribution in [1.29, 1.82) is 0 Å². The van der Waals surface area contributed by atoms with Crippen LogP contribution < -0.4 is 16.6 Å². The zero-order valence-electron chi connectivity index (χ0n) is 12.9. The summed E-state index contributed by atoms with van der Waals surface area (Å²) in [6.07, 6.45) is 1.68. The normalized spacial score (nSPS) is 10.8. The molecule has 0 saturated heterocycles. The van der Waals surface area contributed by atoms with Crippen molar-refractivity contribution in [1.82, 2.24) is 25.1 Å². The third-order valence-electron chi connectivity index (χ3n) is 3.04. The highest BCUT2D eigenvalue weighted by atomic mass is 32.2. The zero-order chi connectivity index (χ0) is 17.8. The van der Waals surface area contributed by atoms with Crippen LogP contribution >= 0.6 is 23.1 Å². The summed E-state index contributed by atoms with van der Waals surface area (Å²) in [4.78, 5) is 43.4. The van der Waals surface area contributed by atoms with Crippen LogP contribution in [0.3, 0.4) is 0 Å². The van der Waals surface area contributed by atoms with Gasteiger partial charge >= 0.3 is 5.69 Å². The minimum Gasteiger partial charge on any atom is -0.416 e. The molecule has 0 aromatic carbocycles. The van der Waals surface area contributed by atoms with Crippen LogP contribution in [0.5, 0.6) is 0 Å². The van der Waals surface area contributed by atoms with Crippen molar-refractivity contribution in [3.8, 4) is 0 Å². The first-order valence-corrected chi connectivity index (χ1v) is 8.84. The van der Waals surface area contributed by atoms with Crippen molar-refractivity contribution in [2.75, 3.05) is 11.1 Å². The van der Waals surface area contributed by atoms with Crippen molar-refractivity contribution in [2.24, 2.45) is 0 Å². The molecule has 12 heteroatoms. The number of aryl methyl sites for hydroxylation is 1. The number of carbonyl (C=O) groups is 1. The molecule has 0 fully saturated rings. The molecule has 0 radical (unpaired) electrons. The lowest BCUT2D eigenvalue weighted by Crippen LogP contribution is -2.27. The number of hydrogen-bond acceptors (Lipinski definition) is 9. The first-order valence-electron chi connectivity index (χ1n) is 6.98.